The van der Waals surface area contributed by atoms with Crippen molar-refractivity contribution in [2.45, 2.75) is 18.1 Å². The Hall–Kier alpha value is -2.77. The third-order valence-corrected chi connectivity index (χ3v) is 5.80. The molecular formula is C21H26N6O. The molecule has 0 radical (unpaired) electrons. The van der Waals surface area contributed by atoms with E-state index in [0.29, 0.717) is 6.54 Å². The highest BCUT2D eigenvalue weighted by molar-refractivity contribution is 5.52. The second-order valence-corrected chi connectivity index (χ2v) is 7.54. The zero-order valence-electron chi connectivity index (χ0n) is 16.5. The van der Waals surface area contributed by atoms with Crippen molar-refractivity contribution in [3.8, 4) is 11.5 Å². The van der Waals surface area contributed by atoms with E-state index in [0.717, 1.165) is 35.9 Å². The Morgan fingerprint density at radius 2 is 1.89 bits per heavy atom. The van der Waals surface area contributed by atoms with Gasteiger partial charge >= 0.3 is 0 Å². The summed E-state index contributed by atoms with van der Waals surface area (Å²) in [5, 5.41) is 19.9. The van der Waals surface area contributed by atoms with Crippen LogP contribution in [0.4, 0.5) is 5.82 Å². The molecule has 7 heteroatoms. The van der Waals surface area contributed by atoms with Crippen LogP contribution in [0.1, 0.15) is 12.0 Å². The van der Waals surface area contributed by atoms with E-state index in [1.54, 1.807) is 6.20 Å². The summed E-state index contributed by atoms with van der Waals surface area (Å²) in [6.07, 6.45) is 3.88. The quantitative estimate of drug-likeness (QED) is 0.748. The predicted molar refractivity (Wildman–Crippen MR) is 109 cm³/mol. The number of imidazole rings is 1. The molecule has 2 atom stereocenters. The first-order valence-corrected chi connectivity index (χ1v) is 9.50. The number of aliphatic hydroxyl groups is 1. The lowest BCUT2D eigenvalue weighted by Crippen LogP contribution is -2.60. The van der Waals surface area contributed by atoms with Gasteiger partial charge in [-0.05, 0) is 38.2 Å². The van der Waals surface area contributed by atoms with Gasteiger partial charge in [-0.15, -0.1) is 10.2 Å². The van der Waals surface area contributed by atoms with Crippen molar-refractivity contribution in [2.75, 3.05) is 32.1 Å². The minimum atomic E-state index is -0.547. The Morgan fingerprint density at radius 1 is 1.11 bits per heavy atom. The van der Waals surface area contributed by atoms with Crippen LogP contribution in [0.15, 0.2) is 54.9 Å². The lowest BCUT2D eigenvalue weighted by atomic mass is 9.77. The van der Waals surface area contributed by atoms with E-state index >= 15 is 0 Å². The van der Waals surface area contributed by atoms with Gasteiger partial charge in [0.1, 0.15) is 5.69 Å². The topological polar surface area (TPSA) is 70.3 Å². The molecule has 0 aliphatic carbocycles. The molecule has 1 N–H and O–H groups in total. The minimum Gasteiger partial charge on any atom is -0.389 e. The normalized spacial score (nSPS) is 22.6. The Morgan fingerprint density at radius 3 is 2.46 bits per heavy atom. The van der Waals surface area contributed by atoms with Crippen LogP contribution >= 0.6 is 0 Å². The van der Waals surface area contributed by atoms with Crippen LogP contribution in [0.25, 0.3) is 11.5 Å². The van der Waals surface area contributed by atoms with Crippen LogP contribution in [0.3, 0.4) is 0 Å². The molecule has 0 bridgehead atoms. The second kappa shape index (κ2) is 7.33. The zero-order valence-corrected chi connectivity index (χ0v) is 16.5. The molecule has 2 aromatic heterocycles. The summed E-state index contributed by atoms with van der Waals surface area (Å²) in [6.45, 7) is 1.30. The summed E-state index contributed by atoms with van der Waals surface area (Å²) in [4.78, 5) is 8.55. The molecule has 0 spiro atoms. The molecule has 146 valence electrons. The molecule has 1 aliphatic heterocycles. The fourth-order valence-electron chi connectivity index (χ4n) is 4.20. The summed E-state index contributed by atoms with van der Waals surface area (Å²) < 4.78 is 1.92. The monoisotopic (exact) mass is 378 g/mol. The number of aryl methyl sites for hydroxylation is 1. The van der Waals surface area contributed by atoms with E-state index in [1.807, 2.05) is 62.2 Å². The number of hydrogen-bond acceptors (Lipinski definition) is 6. The molecule has 1 aliphatic rings. The molecule has 1 fully saturated rings. The fourth-order valence-corrected chi connectivity index (χ4v) is 4.20. The van der Waals surface area contributed by atoms with E-state index in [2.05, 4.69) is 37.1 Å². The van der Waals surface area contributed by atoms with Gasteiger partial charge in [0.15, 0.2) is 11.6 Å². The highest BCUT2D eigenvalue weighted by atomic mass is 16.3. The average molecular weight is 378 g/mol. The van der Waals surface area contributed by atoms with Crippen LogP contribution in [0, 0.1) is 0 Å². The molecular weight excluding hydrogens is 352 g/mol. The number of aliphatic hydroxyl groups excluding tert-OH is 1. The van der Waals surface area contributed by atoms with Crippen LogP contribution in [0.5, 0.6) is 0 Å². The molecule has 4 rings (SSSR count). The van der Waals surface area contributed by atoms with Gasteiger partial charge in [-0.25, -0.2) is 4.98 Å². The van der Waals surface area contributed by atoms with E-state index in [-0.39, 0.29) is 0 Å². The Bertz CT molecular complexity index is 924. The van der Waals surface area contributed by atoms with E-state index in [4.69, 9.17) is 0 Å². The van der Waals surface area contributed by atoms with Gasteiger partial charge in [0.2, 0.25) is 0 Å². The zero-order chi connectivity index (χ0) is 19.7. The first kappa shape index (κ1) is 18.6. The Kier molecular flexibility index (Phi) is 4.87. The number of hydrogen-bond donors (Lipinski definition) is 1. The standard InChI is InChI=1S/C21H26N6O/c1-25(2)21(16-7-5-4-6-8-16)11-13-27(15-18(21)28)19-10-9-17(23-24-19)20-22-12-14-26(20)3/h4-10,12,14,18,28H,11,13,15H2,1-3H3/t18-,21+/m1/s1. The largest absolute Gasteiger partial charge is 0.389 e. The first-order chi connectivity index (χ1) is 13.5. The highest BCUT2D eigenvalue weighted by Gasteiger charge is 2.45. The van der Waals surface area contributed by atoms with Crippen LogP contribution in [-0.2, 0) is 12.6 Å². The van der Waals surface area contributed by atoms with E-state index in [1.165, 1.54) is 0 Å². The fraction of sp³-hybridized carbons (Fsp3) is 0.381. The van der Waals surface area contributed by atoms with Gasteiger partial charge < -0.3 is 14.6 Å². The number of piperidine rings is 1. The predicted octanol–water partition coefficient (Wildman–Crippen LogP) is 1.91. The number of benzene rings is 1. The van der Waals surface area contributed by atoms with Gasteiger partial charge in [0.25, 0.3) is 0 Å². The van der Waals surface area contributed by atoms with Crippen LogP contribution in [-0.4, -0.2) is 63.0 Å². The summed E-state index contributed by atoms with van der Waals surface area (Å²) in [5.41, 5.74) is 1.47. The third-order valence-electron chi connectivity index (χ3n) is 5.80. The number of anilines is 1. The Balaban J connectivity index is 1.56. The minimum absolute atomic E-state index is 0.405. The molecule has 3 aromatic rings. The highest BCUT2D eigenvalue weighted by Crippen LogP contribution is 2.38. The van der Waals surface area contributed by atoms with Crippen LogP contribution in [0.2, 0.25) is 0 Å². The van der Waals surface area contributed by atoms with Gasteiger partial charge in [-0.2, -0.15) is 0 Å². The summed E-state index contributed by atoms with van der Waals surface area (Å²) >= 11 is 0. The maximum Gasteiger partial charge on any atom is 0.160 e. The van der Waals surface area contributed by atoms with Crippen molar-refractivity contribution in [3.63, 3.8) is 0 Å². The lowest BCUT2D eigenvalue weighted by molar-refractivity contribution is -0.0247. The number of β-amino-alcohol motifs (C(OH)–C–C–N with tert-alkyl or cyclic N) is 1. The van der Waals surface area contributed by atoms with Gasteiger partial charge in [0.05, 0.1) is 11.6 Å². The van der Waals surface area contributed by atoms with Gasteiger partial charge in [-0.3, -0.25) is 4.90 Å². The molecule has 0 unspecified atom stereocenters. The smallest absolute Gasteiger partial charge is 0.160 e. The van der Waals surface area contributed by atoms with Gasteiger partial charge in [0, 0.05) is 32.5 Å². The van der Waals surface area contributed by atoms with E-state index < -0.39 is 11.6 Å². The molecule has 0 amide bonds. The molecule has 1 aromatic carbocycles. The van der Waals surface area contributed by atoms with Crippen molar-refractivity contribution >= 4 is 5.82 Å². The molecule has 0 saturated carbocycles. The molecule has 28 heavy (non-hydrogen) atoms. The SMILES string of the molecule is CN(C)[C@]1(c2ccccc2)CCN(c2ccc(-c3nccn3C)nn2)C[C@H]1O. The number of aromatic nitrogens is 4. The third kappa shape index (κ3) is 3.06. The number of likely N-dealkylation sites (N-methyl/N-ethyl adjacent to an activating group) is 1. The van der Waals surface area contributed by atoms with Gasteiger partial charge in [-0.1, -0.05) is 30.3 Å². The molecule has 7 nitrogen and oxygen atoms in total. The maximum absolute atomic E-state index is 11.2. The van der Waals surface area contributed by atoms with Crippen molar-refractivity contribution in [3.05, 3.63) is 60.4 Å². The van der Waals surface area contributed by atoms with E-state index in [9.17, 15) is 5.11 Å². The van der Waals surface area contributed by atoms with Crippen LogP contribution < -0.4 is 4.90 Å². The first-order valence-electron chi connectivity index (χ1n) is 9.50. The van der Waals surface area contributed by atoms with Crippen molar-refractivity contribution < 1.29 is 5.11 Å². The average Bonchev–Trinajstić information content (AvgIpc) is 3.14. The molecule has 3 heterocycles. The summed E-state index contributed by atoms with van der Waals surface area (Å²) in [7, 11) is 6.00. The summed E-state index contributed by atoms with van der Waals surface area (Å²) in [5.74, 6) is 1.56. The second-order valence-electron chi connectivity index (χ2n) is 7.54. The van der Waals surface area contributed by atoms with Crippen molar-refractivity contribution in [1.82, 2.24) is 24.6 Å². The number of rotatable bonds is 4. The summed E-state index contributed by atoms with van der Waals surface area (Å²) in [6, 6.07) is 14.1. The van der Waals surface area contributed by atoms with Crippen molar-refractivity contribution in [2.24, 2.45) is 7.05 Å². The maximum atomic E-state index is 11.2. The Labute approximate surface area is 165 Å². The van der Waals surface area contributed by atoms with Crippen molar-refractivity contribution in [1.29, 1.82) is 0 Å². The molecule has 1 saturated heterocycles. The lowest BCUT2D eigenvalue weighted by Gasteiger charge is -2.50. The number of nitrogens with zero attached hydrogens (tertiary/aromatic N) is 6.